The van der Waals surface area contributed by atoms with Gasteiger partial charge in [-0.25, -0.2) is 0 Å². The number of hydrogen-bond donors (Lipinski definition) is 3. The number of carbonyl (C=O) groups is 2. The van der Waals surface area contributed by atoms with Gasteiger partial charge in [-0.1, -0.05) is 13.8 Å². The van der Waals surface area contributed by atoms with Crippen LogP contribution in [0.15, 0.2) is 18.2 Å². The topological polar surface area (TPSA) is 103 Å². The summed E-state index contributed by atoms with van der Waals surface area (Å²) in [5, 5.41) is 5.56. The summed E-state index contributed by atoms with van der Waals surface area (Å²) in [6, 6.07) is 5.09. The summed E-state index contributed by atoms with van der Waals surface area (Å²) in [4.78, 5) is 24.0. The molecule has 3 rings (SSSR count). The predicted octanol–water partition coefficient (Wildman–Crippen LogP) is 1.91. The third kappa shape index (κ3) is 3.19. The van der Waals surface area contributed by atoms with E-state index in [-0.39, 0.29) is 36.9 Å². The minimum atomic E-state index is -0.988. The Morgan fingerprint density at radius 1 is 1.48 bits per heavy atom. The average molecular weight is 370 g/mol. The molecule has 2 unspecified atom stereocenters. The number of hydrogen-bond acceptors (Lipinski definition) is 5. The predicted molar refractivity (Wildman–Crippen MR) is 97.2 cm³/mol. The number of rotatable bonds is 4. The number of nitrogens with two attached hydrogens (primary N) is 1. The van der Waals surface area contributed by atoms with Gasteiger partial charge < -0.3 is 25.8 Å². The van der Waals surface area contributed by atoms with Crippen molar-refractivity contribution in [2.45, 2.75) is 38.8 Å². The van der Waals surface area contributed by atoms with E-state index in [1.54, 1.807) is 18.2 Å². The van der Waals surface area contributed by atoms with E-state index in [2.05, 4.69) is 10.6 Å². The standard InChI is InChI=1S/C17H23N3O4.ClH/c1-4-23-13-8-17(18,16(13,2)3)15(22)19-10-5-6-11-12(7-10)24-9-14(21)20-11;/h5-7,13H,4,8-9,18H2,1-3H3,(H,19,22)(H,20,21);1H. The summed E-state index contributed by atoms with van der Waals surface area (Å²) in [5.41, 5.74) is 6.10. The van der Waals surface area contributed by atoms with Crippen LogP contribution < -0.4 is 21.1 Å². The number of halogens is 1. The SMILES string of the molecule is CCOC1CC(N)(C(=O)Nc2ccc3c(c2)OCC(=O)N3)C1(C)C.Cl. The summed E-state index contributed by atoms with van der Waals surface area (Å²) < 4.78 is 11.0. The van der Waals surface area contributed by atoms with Crippen LogP contribution in [-0.2, 0) is 14.3 Å². The molecule has 2 amide bonds. The summed E-state index contributed by atoms with van der Waals surface area (Å²) in [6.07, 6.45) is 0.456. The number of anilines is 2. The minimum Gasteiger partial charge on any atom is -0.482 e. The van der Waals surface area contributed by atoms with E-state index in [0.29, 0.717) is 30.2 Å². The molecule has 0 saturated heterocycles. The molecule has 138 valence electrons. The van der Waals surface area contributed by atoms with Crippen LogP contribution in [0, 0.1) is 5.41 Å². The van der Waals surface area contributed by atoms with Crippen LogP contribution in [0.4, 0.5) is 11.4 Å². The second-order valence-electron chi connectivity index (χ2n) is 6.84. The molecule has 1 saturated carbocycles. The van der Waals surface area contributed by atoms with Crippen molar-refractivity contribution < 1.29 is 19.1 Å². The zero-order valence-corrected chi connectivity index (χ0v) is 15.4. The summed E-state index contributed by atoms with van der Waals surface area (Å²) in [6.45, 7) is 6.39. The van der Waals surface area contributed by atoms with Gasteiger partial charge in [0.25, 0.3) is 5.91 Å². The molecule has 7 nitrogen and oxygen atoms in total. The molecule has 4 N–H and O–H groups in total. The maximum atomic E-state index is 12.7. The van der Waals surface area contributed by atoms with E-state index in [9.17, 15) is 9.59 Å². The third-order valence-corrected chi connectivity index (χ3v) is 5.11. The lowest BCUT2D eigenvalue weighted by Gasteiger charge is -2.57. The first kappa shape index (κ1) is 19.5. The minimum absolute atomic E-state index is 0. The van der Waals surface area contributed by atoms with Crippen molar-refractivity contribution in [2.75, 3.05) is 23.8 Å². The summed E-state index contributed by atoms with van der Waals surface area (Å²) >= 11 is 0. The highest BCUT2D eigenvalue weighted by Gasteiger charge is 2.62. The van der Waals surface area contributed by atoms with Crippen molar-refractivity contribution in [2.24, 2.45) is 11.1 Å². The number of nitrogens with one attached hydrogen (secondary N) is 2. The van der Waals surface area contributed by atoms with Gasteiger partial charge >= 0.3 is 0 Å². The third-order valence-electron chi connectivity index (χ3n) is 5.11. The van der Waals surface area contributed by atoms with E-state index in [1.165, 1.54) is 0 Å². The fourth-order valence-corrected chi connectivity index (χ4v) is 3.22. The molecule has 2 atom stereocenters. The smallest absolute Gasteiger partial charge is 0.262 e. The van der Waals surface area contributed by atoms with Crippen LogP contribution >= 0.6 is 12.4 Å². The van der Waals surface area contributed by atoms with Crippen molar-refractivity contribution in [1.29, 1.82) is 0 Å². The van der Waals surface area contributed by atoms with Crippen LogP contribution in [0.5, 0.6) is 5.75 Å². The highest BCUT2D eigenvalue weighted by Crippen LogP contribution is 2.50. The van der Waals surface area contributed by atoms with E-state index in [4.69, 9.17) is 15.2 Å². The second kappa shape index (κ2) is 6.82. The molecule has 8 heteroatoms. The Morgan fingerprint density at radius 2 is 2.20 bits per heavy atom. The maximum Gasteiger partial charge on any atom is 0.262 e. The molecular weight excluding hydrogens is 346 g/mol. The van der Waals surface area contributed by atoms with Gasteiger partial charge in [0.05, 0.1) is 11.8 Å². The molecule has 1 aromatic rings. The average Bonchev–Trinajstić information content (AvgIpc) is 2.54. The first-order valence-electron chi connectivity index (χ1n) is 8.06. The number of fused-ring (bicyclic) bond motifs is 1. The van der Waals surface area contributed by atoms with Crippen LogP contribution in [0.3, 0.4) is 0 Å². The Hall–Kier alpha value is -1.83. The van der Waals surface area contributed by atoms with Crippen molar-refractivity contribution in [3.05, 3.63) is 18.2 Å². The highest BCUT2D eigenvalue weighted by molar-refractivity contribution is 6.01. The van der Waals surface area contributed by atoms with E-state index in [0.717, 1.165) is 0 Å². The first-order valence-corrected chi connectivity index (χ1v) is 8.06. The van der Waals surface area contributed by atoms with Gasteiger partial charge in [0.2, 0.25) is 5.91 Å². The van der Waals surface area contributed by atoms with Crippen molar-refractivity contribution in [1.82, 2.24) is 0 Å². The maximum absolute atomic E-state index is 12.7. The van der Waals surface area contributed by atoms with Crippen molar-refractivity contribution in [3.8, 4) is 5.75 Å². The Kier molecular flexibility index (Phi) is 5.32. The number of carbonyl (C=O) groups excluding carboxylic acids is 2. The molecule has 1 fully saturated rings. The second-order valence-corrected chi connectivity index (χ2v) is 6.84. The van der Waals surface area contributed by atoms with Crippen molar-refractivity contribution >= 4 is 35.6 Å². The van der Waals surface area contributed by atoms with Gasteiger partial charge in [-0.3, -0.25) is 9.59 Å². The monoisotopic (exact) mass is 369 g/mol. The molecule has 1 aromatic carbocycles. The molecular formula is C17H24ClN3O4. The fourth-order valence-electron chi connectivity index (χ4n) is 3.22. The Balaban J connectivity index is 0.00000225. The quantitative estimate of drug-likeness (QED) is 0.752. The summed E-state index contributed by atoms with van der Waals surface area (Å²) in [5.74, 6) is 0.0835. The lowest BCUT2D eigenvalue weighted by molar-refractivity contribution is -0.166. The van der Waals surface area contributed by atoms with Gasteiger partial charge in [-0.2, -0.15) is 0 Å². The largest absolute Gasteiger partial charge is 0.482 e. The molecule has 1 aliphatic carbocycles. The molecule has 1 heterocycles. The molecule has 2 aliphatic rings. The first-order chi connectivity index (χ1) is 11.3. The Bertz CT molecular complexity index is 694. The Labute approximate surface area is 153 Å². The van der Waals surface area contributed by atoms with Crippen LogP contribution in [0.25, 0.3) is 0 Å². The number of ether oxygens (including phenoxy) is 2. The Morgan fingerprint density at radius 3 is 2.84 bits per heavy atom. The van der Waals surface area contributed by atoms with E-state index < -0.39 is 11.0 Å². The number of amides is 2. The molecule has 0 radical (unpaired) electrons. The molecule has 1 aliphatic heterocycles. The van der Waals surface area contributed by atoms with Crippen LogP contribution in [-0.4, -0.2) is 36.7 Å². The van der Waals surface area contributed by atoms with Gasteiger partial charge in [0.15, 0.2) is 6.61 Å². The van der Waals surface area contributed by atoms with Crippen molar-refractivity contribution in [3.63, 3.8) is 0 Å². The lowest BCUT2D eigenvalue weighted by atomic mass is 9.54. The zero-order valence-electron chi connectivity index (χ0n) is 14.5. The number of benzene rings is 1. The van der Waals surface area contributed by atoms with E-state index >= 15 is 0 Å². The van der Waals surface area contributed by atoms with Crippen LogP contribution in [0.2, 0.25) is 0 Å². The fraction of sp³-hybridized carbons (Fsp3) is 0.529. The zero-order chi connectivity index (χ0) is 17.5. The lowest BCUT2D eigenvalue weighted by Crippen LogP contribution is -2.74. The normalized spacial score (nSPS) is 26.2. The molecule has 0 spiro atoms. The van der Waals surface area contributed by atoms with Gasteiger partial charge in [0.1, 0.15) is 11.3 Å². The molecule has 0 aromatic heterocycles. The summed E-state index contributed by atoms with van der Waals surface area (Å²) in [7, 11) is 0. The highest BCUT2D eigenvalue weighted by atomic mass is 35.5. The molecule has 0 bridgehead atoms. The molecule has 25 heavy (non-hydrogen) atoms. The van der Waals surface area contributed by atoms with E-state index in [1.807, 2.05) is 20.8 Å². The van der Waals surface area contributed by atoms with Crippen LogP contribution in [0.1, 0.15) is 27.2 Å². The van der Waals surface area contributed by atoms with Gasteiger partial charge in [-0.15, -0.1) is 12.4 Å². The van der Waals surface area contributed by atoms with Gasteiger partial charge in [-0.05, 0) is 19.1 Å². The van der Waals surface area contributed by atoms with Gasteiger partial charge in [0, 0.05) is 30.2 Å².